The van der Waals surface area contributed by atoms with Gasteiger partial charge in [0.15, 0.2) is 6.61 Å². The Morgan fingerprint density at radius 3 is 2.43 bits per heavy atom. The van der Waals surface area contributed by atoms with E-state index in [1.165, 1.54) is 5.56 Å². The summed E-state index contributed by atoms with van der Waals surface area (Å²) in [6, 6.07) is 22.1. The van der Waals surface area contributed by atoms with Crippen LogP contribution in [0.15, 0.2) is 83.4 Å². The molecule has 1 N–H and O–H groups in total. The number of benzene rings is 3. The first kappa shape index (κ1) is 25.5. The molecule has 4 rings (SSSR count). The molecule has 0 unspecified atom stereocenters. The molecule has 0 aliphatic carbocycles. The first-order valence-corrected chi connectivity index (χ1v) is 12.7. The molecule has 1 fully saturated rings. The minimum Gasteiger partial charge on any atom is -0.480 e. The molecule has 4 atom stereocenters. The summed E-state index contributed by atoms with van der Waals surface area (Å²) in [5, 5.41) is 9.91. The Bertz CT molecular complexity index is 1210. The van der Waals surface area contributed by atoms with Gasteiger partial charge in [0, 0.05) is 22.4 Å². The van der Waals surface area contributed by atoms with Gasteiger partial charge in [-0.15, -0.1) is 0 Å². The smallest absolute Gasteiger partial charge is 0.341 e. The van der Waals surface area contributed by atoms with Gasteiger partial charge in [0.1, 0.15) is 5.75 Å². The molecule has 1 aliphatic heterocycles. The van der Waals surface area contributed by atoms with Crippen molar-refractivity contribution in [1.29, 1.82) is 0 Å². The number of ether oxygens (including phenoxy) is 2. The van der Waals surface area contributed by atoms with Crippen molar-refractivity contribution in [2.75, 3.05) is 6.61 Å². The lowest BCUT2D eigenvalue weighted by Gasteiger charge is -2.43. The summed E-state index contributed by atoms with van der Waals surface area (Å²) in [4.78, 5) is 11.3. The summed E-state index contributed by atoms with van der Waals surface area (Å²) in [5.74, 6) is -0.438. The molecule has 0 saturated carbocycles. The number of rotatable bonds is 7. The maximum atomic E-state index is 11.3. The number of hydrogen-bond donors (Lipinski definition) is 1. The zero-order valence-electron chi connectivity index (χ0n) is 19.7. The maximum Gasteiger partial charge on any atom is 0.341 e. The van der Waals surface area contributed by atoms with Crippen LogP contribution in [0.25, 0.3) is 0 Å². The zero-order chi connectivity index (χ0) is 25.1. The second-order valence-corrected chi connectivity index (χ2v) is 10.4. The van der Waals surface area contributed by atoms with E-state index in [1.807, 2.05) is 68.4 Å². The summed E-state index contributed by atoms with van der Waals surface area (Å²) in [7, 11) is 0. The third-order valence-corrected chi connectivity index (χ3v) is 7.30. The molecular formula is C29H28BrClO4. The fourth-order valence-corrected chi connectivity index (χ4v) is 5.68. The van der Waals surface area contributed by atoms with Gasteiger partial charge in [-0.3, -0.25) is 0 Å². The van der Waals surface area contributed by atoms with Gasteiger partial charge in [-0.1, -0.05) is 66.2 Å². The molecule has 3 aromatic rings. The van der Waals surface area contributed by atoms with Crippen molar-refractivity contribution in [3.05, 3.63) is 111 Å². The lowest BCUT2D eigenvalue weighted by atomic mass is 9.74. The molecule has 0 radical (unpaired) electrons. The Kier molecular flexibility index (Phi) is 8.00. The molecule has 0 bridgehead atoms. The monoisotopic (exact) mass is 554 g/mol. The molecular weight excluding hydrogens is 528 g/mol. The fourth-order valence-electron chi connectivity index (χ4n) is 4.85. The molecule has 0 amide bonds. The summed E-state index contributed by atoms with van der Waals surface area (Å²) in [6.07, 6.45) is 0.219. The Hall–Kier alpha value is -2.60. The van der Waals surface area contributed by atoms with Gasteiger partial charge in [-0.05, 0) is 77.2 Å². The SMILES string of the molecule is C=C(C)[C@H]1C[C@H](c2ccccc2)[C@H](c2ccc(Cl)cc2)O[C@@H]1c1cc(C)cc(Br)c1OCC(=O)O. The molecule has 1 aliphatic rings. The van der Waals surface area contributed by atoms with Gasteiger partial charge in [-0.2, -0.15) is 0 Å². The van der Waals surface area contributed by atoms with Crippen LogP contribution in [-0.2, 0) is 9.53 Å². The molecule has 182 valence electrons. The van der Waals surface area contributed by atoms with E-state index in [0.29, 0.717) is 15.2 Å². The largest absolute Gasteiger partial charge is 0.480 e. The van der Waals surface area contributed by atoms with Crippen molar-refractivity contribution < 1.29 is 19.4 Å². The van der Waals surface area contributed by atoms with E-state index in [1.54, 1.807) is 0 Å². The van der Waals surface area contributed by atoms with Gasteiger partial charge in [-0.25, -0.2) is 4.79 Å². The van der Waals surface area contributed by atoms with Gasteiger partial charge < -0.3 is 14.6 Å². The maximum absolute atomic E-state index is 11.3. The van der Waals surface area contributed by atoms with Crippen molar-refractivity contribution in [2.24, 2.45) is 5.92 Å². The van der Waals surface area contributed by atoms with Crippen LogP contribution in [0.2, 0.25) is 5.02 Å². The second kappa shape index (κ2) is 11.0. The number of hydrogen-bond acceptors (Lipinski definition) is 3. The van der Waals surface area contributed by atoms with E-state index in [4.69, 9.17) is 21.1 Å². The normalized spacial score (nSPS) is 21.9. The first-order valence-electron chi connectivity index (χ1n) is 11.5. The first-order chi connectivity index (χ1) is 16.7. The van der Waals surface area contributed by atoms with Gasteiger partial charge in [0.25, 0.3) is 0 Å². The van der Waals surface area contributed by atoms with Crippen LogP contribution in [0, 0.1) is 12.8 Å². The van der Waals surface area contributed by atoms with E-state index >= 15 is 0 Å². The van der Waals surface area contributed by atoms with E-state index in [2.05, 4.69) is 34.6 Å². The van der Waals surface area contributed by atoms with Crippen LogP contribution in [-0.4, -0.2) is 17.7 Å². The Labute approximate surface area is 219 Å². The highest BCUT2D eigenvalue weighted by molar-refractivity contribution is 9.10. The van der Waals surface area contributed by atoms with Crippen LogP contribution >= 0.6 is 27.5 Å². The fraction of sp³-hybridized carbons (Fsp3) is 0.276. The number of aliphatic carboxylic acids is 1. The molecule has 35 heavy (non-hydrogen) atoms. The molecule has 1 heterocycles. The minimum atomic E-state index is -1.03. The van der Waals surface area contributed by atoms with E-state index in [-0.39, 0.29) is 24.0 Å². The third-order valence-electron chi connectivity index (χ3n) is 6.45. The summed E-state index contributed by atoms with van der Waals surface area (Å²) in [5.41, 5.74) is 5.08. The standard InChI is InChI=1S/C29H28BrClO4/c1-17(2)22-15-23(19-7-5-4-6-8-19)27(20-9-11-21(31)12-10-20)35-28(22)24-13-18(3)14-25(30)29(24)34-16-26(32)33/h4-14,22-23,27-28H,1,15-16H2,2-3H3,(H,32,33)/t22-,23-,27+,28+/m1/s1. The summed E-state index contributed by atoms with van der Waals surface area (Å²) in [6.45, 7) is 7.88. The minimum absolute atomic E-state index is 0.00429. The zero-order valence-corrected chi connectivity index (χ0v) is 22.1. The van der Waals surface area contributed by atoms with E-state index in [9.17, 15) is 9.90 Å². The van der Waals surface area contributed by atoms with E-state index in [0.717, 1.165) is 28.7 Å². The predicted molar refractivity (Wildman–Crippen MR) is 142 cm³/mol. The quantitative estimate of drug-likeness (QED) is 0.300. The number of carboxylic acid groups (broad SMARTS) is 1. The highest BCUT2D eigenvalue weighted by Crippen LogP contribution is 2.54. The number of carbonyl (C=O) groups is 1. The van der Waals surface area contributed by atoms with Crippen LogP contribution in [0.5, 0.6) is 5.75 Å². The number of carboxylic acids is 1. The molecule has 1 saturated heterocycles. The number of aryl methyl sites for hydroxylation is 1. The average molecular weight is 556 g/mol. The van der Waals surface area contributed by atoms with Crippen molar-refractivity contribution in [1.82, 2.24) is 0 Å². The van der Waals surface area contributed by atoms with Crippen LogP contribution in [0.3, 0.4) is 0 Å². The van der Waals surface area contributed by atoms with Crippen molar-refractivity contribution in [2.45, 2.75) is 38.4 Å². The molecule has 6 heteroatoms. The van der Waals surface area contributed by atoms with Crippen molar-refractivity contribution >= 4 is 33.5 Å². The van der Waals surface area contributed by atoms with Crippen LogP contribution < -0.4 is 4.74 Å². The Balaban J connectivity index is 1.83. The van der Waals surface area contributed by atoms with Gasteiger partial charge in [0.2, 0.25) is 0 Å². The number of halogens is 2. The summed E-state index contributed by atoms with van der Waals surface area (Å²) >= 11 is 9.76. The Morgan fingerprint density at radius 1 is 1.11 bits per heavy atom. The highest BCUT2D eigenvalue weighted by atomic mass is 79.9. The van der Waals surface area contributed by atoms with Crippen LogP contribution in [0.1, 0.15) is 53.7 Å². The second-order valence-electron chi connectivity index (χ2n) is 9.08. The molecule has 0 aromatic heterocycles. The highest BCUT2D eigenvalue weighted by Gasteiger charge is 2.42. The Morgan fingerprint density at radius 2 is 1.80 bits per heavy atom. The van der Waals surface area contributed by atoms with Crippen LogP contribution in [0.4, 0.5) is 0 Å². The lowest BCUT2D eigenvalue weighted by Crippen LogP contribution is -2.32. The van der Waals surface area contributed by atoms with Crippen molar-refractivity contribution in [3.63, 3.8) is 0 Å². The topological polar surface area (TPSA) is 55.8 Å². The predicted octanol–water partition coefficient (Wildman–Crippen LogP) is 8.05. The third kappa shape index (κ3) is 5.80. The molecule has 0 spiro atoms. The van der Waals surface area contributed by atoms with Crippen molar-refractivity contribution in [3.8, 4) is 5.75 Å². The average Bonchev–Trinajstić information content (AvgIpc) is 2.83. The lowest BCUT2D eigenvalue weighted by molar-refractivity contribution is -0.139. The summed E-state index contributed by atoms with van der Waals surface area (Å²) < 4.78 is 13.4. The van der Waals surface area contributed by atoms with Gasteiger partial charge >= 0.3 is 5.97 Å². The molecule has 4 nitrogen and oxygen atoms in total. The molecule has 3 aromatic carbocycles. The van der Waals surface area contributed by atoms with Gasteiger partial charge in [0.05, 0.1) is 16.7 Å². The van der Waals surface area contributed by atoms with E-state index < -0.39 is 12.6 Å².